The number of hydrogen-bond acceptors (Lipinski definition) is 4. The highest BCUT2D eigenvalue weighted by Gasteiger charge is 2.21. The number of amides is 1. The van der Waals surface area contributed by atoms with Gasteiger partial charge in [-0.2, -0.15) is 0 Å². The summed E-state index contributed by atoms with van der Waals surface area (Å²) in [5, 5.41) is 2.75. The molecule has 0 heterocycles. The Hall–Kier alpha value is -0.360. The van der Waals surface area contributed by atoms with Crippen molar-refractivity contribution in [1.29, 1.82) is 0 Å². The summed E-state index contributed by atoms with van der Waals surface area (Å²) in [7, 11) is 1.53. The summed E-state index contributed by atoms with van der Waals surface area (Å²) >= 11 is 0. The van der Waals surface area contributed by atoms with Gasteiger partial charge in [-0.3, -0.25) is 4.79 Å². The molecule has 5 nitrogen and oxygen atoms in total. The minimum Gasteiger partial charge on any atom is -0.383 e. The Morgan fingerprint density at radius 1 is 1.42 bits per heavy atom. The molecular weight excluding hydrogens is 268 g/mol. The number of rotatable bonds is 7. The third kappa shape index (κ3) is 7.11. The molecule has 0 saturated heterocycles. The van der Waals surface area contributed by atoms with Crippen LogP contribution >= 0.6 is 12.4 Å². The molecule has 3 unspecified atom stereocenters. The molecule has 6 heteroatoms. The highest BCUT2D eigenvalue weighted by Crippen LogP contribution is 2.25. The maximum atomic E-state index is 11.5. The van der Waals surface area contributed by atoms with Gasteiger partial charge >= 0.3 is 0 Å². The van der Waals surface area contributed by atoms with Gasteiger partial charge in [0.2, 0.25) is 5.91 Å². The Labute approximate surface area is 122 Å². The summed E-state index contributed by atoms with van der Waals surface area (Å²) in [6, 6.07) is -0.594. The van der Waals surface area contributed by atoms with Gasteiger partial charge in [-0.05, 0) is 18.8 Å². The molecule has 1 fully saturated rings. The van der Waals surface area contributed by atoms with Gasteiger partial charge in [0.05, 0.1) is 19.3 Å². The van der Waals surface area contributed by atoms with Gasteiger partial charge in [0.15, 0.2) is 0 Å². The molecule has 1 amide bonds. The summed E-state index contributed by atoms with van der Waals surface area (Å²) in [5.41, 5.74) is 5.60. The van der Waals surface area contributed by atoms with Crippen molar-refractivity contribution in [2.24, 2.45) is 11.7 Å². The second kappa shape index (κ2) is 10.4. The largest absolute Gasteiger partial charge is 0.383 e. The van der Waals surface area contributed by atoms with Gasteiger partial charge < -0.3 is 20.5 Å². The van der Waals surface area contributed by atoms with Crippen LogP contribution in [0.15, 0.2) is 0 Å². The van der Waals surface area contributed by atoms with E-state index in [4.69, 9.17) is 15.2 Å². The lowest BCUT2D eigenvalue weighted by Gasteiger charge is -2.28. The summed E-state index contributed by atoms with van der Waals surface area (Å²) in [6.07, 6.45) is 5.29. The van der Waals surface area contributed by atoms with Crippen LogP contribution in [-0.4, -0.2) is 44.9 Å². The fraction of sp³-hybridized carbons (Fsp3) is 0.923. The van der Waals surface area contributed by atoms with E-state index in [9.17, 15) is 4.79 Å². The molecule has 0 aromatic carbocycles. The molecule has 1 rings (SSSR count). The Balaban J connectivity index is 0.00000324. The van der Waals surface area contributed by atoms with Gasteiger partial charge in [-0.15, -0.1) is 12.4 Å². The van der Waals surface area contributed by atoms with Crippen LogP contribution in [0.25, 0.3) is 0 Å². The first-order chi connectivity index (χ1) is 8.65. The molecule has 3 atom stereocenters. The van der Waals surface area contributed by atoms with Crippen LogP contribution in [0.3, 0.4) is 0 Å². The van der Waals surface area contributed by atoms with E-state index in [-0.39, 0.29) is 24.9 Å². The molecule has 0 aromatic rings. The van der Waals surface area contributed by atoms with Gasteiger partial charge in [0.1, 0.15) is 6.04 Å². The Morgan fingerprint density at radius 2 is 2.11 bits per heavy atom. The van der Waals surface area contributed by atoms with Crippen molar-refractivity contribution in [3.05, 3.63) is 0 Å². The molecule has 1 aliphatic rings. The molecule has 1 saturated carbocycles. The lowest BCUT2D eigenvalue weighted by atomic mass is 9.88. The maximum absolute atomic E-state index is 11.5. The Morgan fingerprint density at radius 3 is 2.74 bits per heavy atom. The monoisotopic (exact) mass is 294 g/mol. The van der Waals surface area contributed by atoms with E-state index in [2.05, 4.69) is 12.2 Å². The van der Waals surface area contributed by atoms with Crippen LogP contribution in [0.5, 0.6) is 0 Å². The molecule has 0 aromatic heterocycles. The maximum Gasteiger partial charge on any atom is 0.239 e. The molecule has 19 heavy (non-hydrogen) atoms. The van der Waals surface area contributed by atoms with Crippen molar-refractivity contribution in [1.82, 2.24) is 5.32 Å². The van der Waals surface area contributed by atoms with E-state index in [1.165, 1.54) is 26.4 Å². The van der Waals surface area contributed by atoms with Crippen molar-refractivity contribution in [3.8, 4) is 0 Å². The smallest absolute Gasteiger partial charge is 0.239 e. The van der Waals surface area contributed by atoms with Crippen molar-refractivity contribution in [2.45, 2.75) is 44.8 Å². The minimum atomic E-state index is -0.594. The fourth-order valence-electron chi connectivity index (χ4n) is 2.30. The second-order valence-corrected chi connectivity index (χ2v) is 5.02. The van der Waals surface area contributed by atoms with Gasteiger partial charge in [-0.1, -0.05) is 19.8 Å². The number of halogens is 1. The SMILES string of the molecule is COCC(N)C(=O)NCCOC1CCCCC1C.Cl. The predicted octanol–water partition coefficient (Wildman–Crippen LogP) is 1.09. The van der Waals surface area contributed by atoms with E-state index in [1.54, 1.807) is 0 Å². The first-order valence-electron chi connectivity index (χ1n) is 6.79. The van der Waals surface area contributed by atoms with Crippen molar-refractivity contribution < 1.29 is 14.3 Å². The van der Waals surface area contributed by atoms with E-state index < -0.39 is 6.04 Å². The molecule has 114 valence electrons. The third-order valence-corrected chi connectivity index (χ3v) is 3.45. The summed E-state index contributed by atoms with van der Waals surface area (Å²) in [4.78, 5) is 11.5. The Kier molecular flexibility index (Phi) is 10.2. The summed E-state index contributed by atoms with van der Waals surface area (Å²) in [5.74, 6) is 0.447. The topological polar surface area (TPSA) is 73.6 Å². The number of ether oxygens (including phenoxy) is 2. The van der Waals surface area contributed by atoms with Crippen LogP contribution in [0, 0.1) is 5.92 Å². The number of carbonyl (C=O) groups is 1. The van der Waals surface area contributed by atoms with E-state index >= 15 is 0 Å². The first kappa shape index (κ1) is 18.6. The van der Waals surface area contributed by atoms with Crippen LogP contribution in [0.1, 0.15) is 32.6 Å². The average Bonchev–Trinajstić information content (AvgIpc) is 2.36. The van der Waals surface area contributed by atoms with Crippen LogP contribution < -0.4 is 11.1 Å². The Bertz CT molecular complexity index is 254. The lowest BCUT2D eigenvalue weighted by Crippen LogP contribution is -2.44. The number of nitrogens with two attached hydrogens (primary N) is 1. The molecule has 0 radical (unpaired) electrons. The van der Waals surface area contributed by atoms with Gasteiger partial charge in [0.25, 0.3) is 0 Å². The number of hydrogen-bond donors (Lipinski definition) is 2. The molecule has 3 N–H and O–H groups in total. The number of carbonyl (C=O) groups excluding carboxylic acids is 1. The quantitative estimate of drug-likeness (QED) is 0.690. The molecule has 0 bridgehead atoms. The second-order valence-electron chi connectivity index (χ2n) is 5.02. The van der Waals surface area contributed by atoms with Crippen molar-refractivity contribution >= 4 is 18.3 Å². The standard InChI is InChI=1S/C13H26N2O3.ClH/c1-10-5-3-4-6-12(10)18-8-7-15-13(16)11(14)9-17-2;/h10-12H,3-9,14H2,1-2H3,(H,15,16);1H. The molecule has 0 spiro atoms. The van der Waals surface area contributed by atoms with Crippen molar-refractivity contribution in [3.63, 3.8) is 0 Å². The van der Waals surface area contributed by atoms with Crippen molar-refractivity contribution in [2.75, 3.05) is 26.9 Å². The highest BCUT2D eigenvalue weighted by atomic mass is 35.5. The van der Waals surface area contributed by atoms with E-state index in [0.717, 1.165) is 6.42 Å². The normalized spacial score (nSPS) is 24.4. The fourth-order valence-corrected chi connectivity index (χ4v) is 2.30. The zero-order chi connectivity index (χ0) is 13.4. The zero-order valence-electron chi connectivity index (χ0n) is 11.9. The first-order valence-corrected chi connectivity index (χ1v) is 6.79. The average molecular weight is 295 g/mol. The molecule has 0 aliphatic heterocycles. The zero-order valence-corrected chi connectivity index (χ0v) is 12.7. The van der Waals surface area contributed by atoms with Gasteiger partial charge in [0, 0.05) is 13.7 Å². The van der Waals surface area contributed by atoms with E-state index in [0.29, 0.717) is 25.2 Å². The van der Waals surface area contributed by atoms with Crippen LogP contribution in [0.4, 0.5) is 0 Å². The minimum absolute atomic E-state index is 0. The summed E-state index contributed by atoms with van der Waals surface area (Å²) < 4.78 is 10.6. The van der Waals surface area contributed by atoms with Gasteiger partial charge in [-0.25, -0.2) is 0 Å². The third-order valence-electron chi connectivity index (χ3n) is 3.45. The number of methoxy groups -OCH3 is 1. The van der Waals surface area contributed by atoms with E-state index in [1.807, 2.05) is 0 Å². The molecule has 1 aliphatic carbocycles. The number of nitrogens with one attached hydrogen (secondary N) is 1. The van der Waals surface area contributed by atoms with Crippen LogP contribution in [-0.2, 0) is 14.3 Å². The predicted molar refractivity (Wildman–Crippen MR) is 77.5 cm³/mol. The van der Waals surface area contributed by atoms with Crippen LogP contribution in [0.2, 0.25) is 0 Å². The lowest BCUT2D eigenvalue weighted by molar-refractivity contribution is -0.123. The molecular formula is C13H27ClN2O3. The summed E-state index contributed by atoms with van der Waals surface area (Å²) in [6.45, 7) is 3.54. The highest BCUT2D eigenvalue weighted by molar-refractivity contribution is 5.85.